The summed E-state index contributed by atoms with van der Waals surface area (Å²) in [4.78, 5) is 0.157. The molecule has 0 aliphatic carbocycles. The number of hydrogen-bond donors (Lipinski definition) is 0. The molecule has 11 heteroatoms. The largest absolute Gasteiger partial charge is 0.490 e. The van der Waals surface area contributed by atoms with Crippen LogP contribution in [0.15, 0.2) is 33.8 Å². The van der Waals surface area contributed by atoms with E-state index < -0.39 is 10.0 Å². The lowest BCUT2D eigenvalue weighted by Gasteiger charge is -2.24. The smallest absolute Gasteiger partial charge is 0.247 e. The fourth-order valence-electron chi connectivity index (χ4n) is 3.33. The lowest BCUT2D eigenvalue weighted by Crippen LogP contribution is -2.39. The summed E-state index contributed by atoms with van der Waals surface area (Å²) in [6.07, 6.45) is 3.11. The second-order valence-corrected chi connectivity index (χ2v) is 9.86. The van der Waals surface area contributed by atoms with Gasteiger partial charge in [-0.1, -0.05) is 21.1 Å². The Bertz CT molecular complexity index is 961. The maximum atomic E-state index is 13.2. The summed E-state index contributed by atoms with van der Waals surface area (Å²) in [5.41, 5.74) is 0.575. The Morgan fingerprint density at radius 2 is 2.07 bits per heavy atom. The molecular formula is C18H23BrN4O5S. The Morgan fingerprint density at radius 1 is 1.28 bits per heavy atom. The Hall–Kier alpha value is -1.53. The summed E-state index contributed by atoms with van der Waals surface area (Å²) >= 11 is 3.36. The van der Waals surface area contributed by atoms with Gasteiger partial charge in [0, 0.05) is 23.6 Å². The van der Waals surface area contributed by atoms with Crippen molar-refractivity contribution in [2.75, 3.05) is 19.8 Å². The van der Waals surface area contributed by atoms with E-state index in [2.05, 4.69) is 26.2 Å². The van der Waals surface area contributed by atoms with Gasteiger partial charge in [-0.3, -0.25) is 4.68 Å². The van der Waals surface area contributed by atoms with Gasteiger partial charge >= 0.3 is 0 Å². The molecule has 0 saturated carbocycles. The number of ether oxygens (including phenoxy) is 3. The highest BCUT2D eigenvalue weighted by molar-refractivity contribution is 9.10. The third-order valence-corrected chi connectivity index (χ3v) is 7.35. The monoisotopic (exact) mass is 486 g/mol. The van der Waals surface area contributed by atoms with Crippen LogP contribution in [0, 0.1) is 0 Å². The van der Waals surface area contributed by atoms with E-state index in [1.54, 1.807) is 29.1 Å². The van der Waals surface area contributed by atoms with E-state index in [9.17, 15) is 8.42 Å². The zero-order valence-corrected chi connectivity index (χ0v) is 18.4. The molecule has 1 fully saturated rings. The van der Waals surface area contributed by atoms with Crippen molar-refractivity contribution in [2.24, 2.45) is 0 Å². The maximum absolute atomic E-state index is 13.2. The molecule has 0 bridgehead atoms. The van der Waals surface area contributed by atoms with E-state index in [1.807, 2.05) is 6.92 Å². The van der Waals surface area contributed by atoms with Crippen molar-refractivity contribution in [1.29, 1.82) is 0 Å². The minimum absolute atomic E-state index is 0.124. The summed E-state index contributed by atoms with van der Waals surface area (Å²) in [5, 5.41) is 8.27. The zero-order chi connectivity index (χ0) is 20.4. The van der Waals surface area contributed by atoms with Crippen molar-refractivity contribution in [3.8, 4) is 5.75 Å². The molecule has 0 spiro atoms. The first-order valence-electron chi connectivity index (χ1n) is 9.50. The van der Waals surface area contributed by atoms with Gasteiger partial charge in [0.15, 0.2) is 6.29 Å². The molecule has 1 saturated heterocycles. The van der Waals surface area contributed by atoms with Crippen molar-refractivity contribution in [3.05, 3.63) is 34.6 Å². The van der Waals surface area contributed by atoms with E-state index >= 15 is 0 Å². The van der Waals surface area contributed by atoms with Crippen LogP contribution in [0.4, 0.5) is 0 Å². The molecule has 29 heavy (non-hydrogen) atoms. The van der Waals surface area contributed by atoms with Gasteiger partial charge < -0.3 is 14.2 Å². The summed E-state index contributed by atoms with van der Waals surface area (Å²) < 4.78 is 47.1. The van der Waals surface area contributed by atoms with Crippen molar-refractivity contribution < 1.29 is 22.6 Å². The number of halogens is 1. The van der Waals surface area contributed by atoms with Crippen LogP contribution in [-0.4, -0.2) is 59.9 Å². The highest BCUT2D eigenvalue weighted by atomic mass is 79.9. The fraction of sp³-hybridized carbons (Fsp3) is 0.556. The molecule has 1 atom stereocenters. The Morgan fingerprint density at radius 3 is 2.86 bits per heavy atom. The number of aromatic nitrogens is 3. The molecule has 1 aromatic carbocycles. The van der Waals surface area contributed by atoms with Gasteiger partial charge in [-0.25, -0.2) is 8.42 Å². The van der Waals surface area contributed by atoms with Crippen LogP contribution in [0.25, 0.3) is 0 Å². The fourth-order valence-corrected chi connectivity index (χ4v) is 5.37. The van der Waals surface area contributed by atoms with E-state index in [-0.39, 0.29) is 30.4 Å². The Kier molecular flexibility index (Phi) is 6.21. The molecule has 4 rings (SSSR count). The second-order valence-electron chi connectivity index (χ2n) is 7.09. The first kappa shape index (κ1) is 20.7. The average molecular weight is 487 g/mol. The molecule has 9 nitrogen and oxygen atoms in total. The van der Waals surface area contributed by atoms with Crippen molar-refractivity contribution in [1.82, 2.24) is 19.3 Å². The van der Waals surface area contributed by atoms with Crippen LogP contribution in [0.3, 0.4) is 0 Å². The molecule has 0 radical (unpaired) electrons. The highest BCUT2D eigenvalue weighted by Crippen LogP contribution is 2.34. The third kappa shape index (κ3) is 4.64. The summed E-state index contributed by atoms with van der Waals surface area (Å²) in [7, 11) is -3.73. The van der Waals surface area contributed by atoms with Crippen LogP contribution in [0.2, 0.25) is 0 Å². The van der Waals surface area contributed by atoms with Gasteiger partial charge in [0.2, 0.25) is 10.0 Å². The number of hydrogen-bond acceptors (Lipinski definition) is 7. The quantitative estimate of drug-likeness (QED) is 0.638. The number of aryl methyl sites for hydroxylation is 1. The molecule has 2 aromatic rings. The van der Waals surface area contributed by atoms with E-state index in [4.69, 9.17) is 14.2 Å². The number of nitrogens with zero attached hydrogens (tertiary/aromatic N) is 4. The first-order valence-corrected chi connectivity index (χ1v) is 11.7. The molecule has 1 aromatic heterocycles. The Balaban J connectivity index is 1.48. The number of rotatable bonds is 5. The minimum atomic E-state index is -3.73. The van der Waals surface area contributed by atoms with Crippen LogP contribution >= 0.6 is 15.9 Å². The standard InChI is InChI=1S/C18H23BrN4O5S/c1-13-12-28-16-9-14(19)3-4-17(16)29(24,25)23(13)11-15-10-22(21-20-15)6-5-18-26-7-2-8-27-18/h3-4,9-10,13,18H,2,5-8,11-12H2,1H3/t13-/m1/s1. The molecule has 2 aliphatic heterocycles. The molecule has 3 heterocycles. The predicted octanol–water partition coefficient (Wildman–Crippen LogP) is 2.17. The maximum Gasteiger partial charge on any atom is 0.247 e. The van der Waals surface area contributed by atoms with Gasteiger partial charge in [-0.15, -0.1) is 5.10 Å². The average Bonchev–Trinajstić information content (AvgIpc) is 3.13. The summed E-state index contributed by atoms with van der Waals surface area (Å²) in [6, 6.07) is 4.58. The van der Waals surface area contributed by atoms with Crippen molar-refractivity contribution >= 4 is 26.0 Å². The number of fused-ring (bicyclic) bond motifs is 1. The lowest BCUT2D eigenvalue weighted by atomic mass is 10.3. The topological polar surface area (TPSA) is 95.8 Å². The molecular weight excluding hydrogens is 464 g/mol. The molecule has 158 valence electrons. The van der Waals surface area contributed by atoms with Gasteiger partial charge in [-0.05, 0) is 31.5 Å². The van der Waals surface area contributed by atoms with E-state index in [1.165, 1.54) is 4.31 Å². The van der Waals surface area contributed by atoms with Gasteiger partial charge in [0.25, 0.3) is 0 Å². The zero-order valence-electron chi connectivity index (χ0n) is 16.0. The van der Waals surface area contributed by atoms with E-state index in [0.29, 0.717) is 37.6 Å². The van der Waals surface area contributed by atoms with Crippen LogP contribution in [-0.2, 0) is 32.6 Å². The first-order chi connectivity index (χ1) is 13.9. The second kappa shape index (κ2) is 8.68. The highest BCUT2D eigenvalue weighted by Gasteiger charge is 2.35. The number of sulfonamides is 1. The van der Waals surface area contributed by atoms with Crippen LogP contribution < -0.4 is 4.74 Å². The Labute approximate surface area is 178 Å². The van der Waals surface area contributed by atoms with E-state index in [0.717, 1.165) is 10.9 Å². The summed E-state index contributed by atoms with van der Waals surface area (Å²) in [6.45, 7) is 4.20. The number of benzene rings is 1. The van der Waals surface area contributed by atoms with Crippen molar-refractivity contribution in [2.45, 2.75) is 50.1 Å². The SMILES string of the molecule is C[C@@H]1COc2cc(Br)ccc2S(=O)(=O)N1Cc1cn(CCC2OCCCO2)nn1. The minimum Gasteiger partial charge on any atom is -0.490 e. The van der Waals surface area contributed by atoms with Crippen LogP contribution in [0.1, 0.15) is 25.5 Å². The third-order valence-electron chi connectivity index (χ3n) is 4.86. The molecule has 2 aliphatic rings. The molecule has 0 N–H and O–H groups in total. The van der Waals surface area contributed by atoms with Crippen molar-refractivity contribution in [3.63, 3.8) is 0 Å². The van der Waals surface area contributed by atoms with Crippen LogP contribution in [0.5, 0.6) is 5.75 Å². The predicted molar refractivity (Wildman–Crippen MR) is 107 cm³/mol. The normalized spacial score (nSPS) is 22.6. The van der Waals surface area contributed by atoms with Gasteiger partial charge in [0.05, 0.1) is 31.5 Å². The lowest BCUT2D eigenvalue weighted by molar-refractivity contribution is -0.182. The van der Waals surface area contributed by atoms with Gasteiger partial charge in [0.1, 0.15) is 17.3 Å². The van der Waals surface area contributed by atoms with Gasteiger partial charge in [-0.2, -0.15) is 4.31 Å². The summed E-state index contributed by atoms with van der Waals surface area (Å²) in [5.74, 6) is 0.352. The molecule has 0 unspecified atom stereocenters. The molecule has 0 amide bonds.